The number of rotatable bonds is 4. The van der Waals surface area contributed by atoms with Gasteiger partial charge in [-0.1, -0.05) is 51.8 Å². The lowest BCUT2D eigenvalue weighted by Crippen LogP contribution is -2.12. The van der Waals surface area contributed by atoms with E-state index in [-0.39, 0.29) is 0 Å². The van der Waals surface area contributed by atoms with E-state index < -0.39 is 0 Å². The first-order valence-corrected chi connectivity index (χ1v) is 7.29. The fourth-order valence-corrected chi connectivity index (χ4v) is 3.11. The molecule has 1 aliphatic rings. The number of hydrogen-bond acceptors (Lipinski definition) is 0. The van der Waals surface area contributed by atoms with Crippen LogP contribution in [-0.2, 0) is 19.3 Å². The van der Waals surface area contributed by atoms with Crippen molar-refractivity contribution >= 4 is 0 Å². The fourth-order valence-electron chi connectivity index (χ4n) is 3.11. The number of hydrogen-bond donors (Lipinski definition) is 0. The molecule has 1 aliphatic carbocycles. The van der Waals surface area contributed by atoms with E-state index in [0.717, 1.165) is 11.8 Å². The van der Waals surface area contributed by atoms with Crippen LogP contribution in [0, 0.1) is 11.8 Å². The molecule has 0 aromatic heterocycles. The molecule has 1 aromatic rings. The summed E-state index contributed by atoms with van der Waals surface area (Å²) in [5.74, 6) is 1.72. The van der Waals surface area contributed by atoms with Gasteiger partial charge in [-0.25, -0.2) is 0 Å². The van der Waals surface area contributed by atoms with Crippen LogP contribution in [0.25, 0.3) is 0 Å². The van der Waals surface area contributed by atoms with E-state index >= 15 is 0 Å². The van der Waals surface area contributed by atoms with E-state index in [1.165, 1.54) is 38.5 Å². The molecular weight excluding hydrogens is 204 g/mol. The van der Waals surface area contributed by atoms with Gasteiger partial charge in [0.25, 0.3) is 0 Å². The second-order valence-corrected chi connectivity index (χ2v) is 6.05. The summed E-state index contributed by atoms with van der Waals surface area (Å²) in [6, 6.07) is 7.23. The molecule has 0 heteroatoms. The normalized spacial score (nSPS) is 21.0. The highest BCUT2D eigenvalue weighted by molar-refractivity contribution is 5.34. The van der Waals surface area contributed by atoms with Gasteiger partial charge in [-0.2, -0.15) is 0 Å². The van der Waals surface area contributed by atoms with Crippen molar-refractivity contribution in [1.29, 1.82) is 0 Å². The van der Waals surface area contributed by atoms with Crippen LogP contribution < -0.4 is 0 Å². The van der Waals surface area contributed by atoms with Gasteiger partial charge in [0.15, 0.2) is 0 Å². The smallest absolute Gasteiger partial charge is 0.0250 e. The zero-order valence-electron chi connectivity index (χ0n) is 11.6. The minimum Gasteiger partial charge on any atom is -0.0654 e. The first kappa shape index (κ1) is 12.7. The van der Waals surface area contributed by atoms with E-state index in [4.69, 9.17) is 0 Å². The van der Waals surface area contributed by atoms with Crippen molar-refractivity contribution in [3.8, 4) is 0 Å². The van der Waals surface area contributed by atoms with Crippen molar-refractivity contribution in [1.82, 2.24) is 0 Å². The van der Waals surface area contributed by atoms with Crippen LogP contribution in [0.3, 0.4) is 0 Å². The van der Waals surface area contributed by atoms with Gasteiger partial charge in [-0.05, 0) is 54.2 Å². The van der Waals surface area contributed by atoms with Gasteiger partial charge in [-0.3, -0.25) is 0 Å². The molecule has 0 radical (unpaired) electrons. The average molecular weight is 230 g/mol. The zero-order valence-corrected chi connectivity index (χ0v) is 11.6. The highest BCUT2D eigenvalue weighted by atomic mass is 14.2. The number of fused-ring (bicyclic) bond motifs is 1. The number of aryl methyl sites for hydroxylation is 1. The van der Waals surface area contributed by atoms with Crippen LogP contribution in [0.1, 0.15) is 56.7 Å². The Hall–Kier alpha value is -0.780. The monoisotopic (exact) mass is 230 g/mol. The van der Waals surface area contributed by atoms with E-state index in [0.29, 0.717) is 0 Å². The van der Waals surface area contributed by atoms with Gasteiger partial charge in [-0.15, -0.1) is 0 Å². The van der Waals surface area contributed by atoms with Crippen molar-refractivity contribution < 1.29 is 0 Å². The van der Waals surface area contributed by atoms with E-state index in [9.17, 15) is 0 Å². The van der Waals surface area contributed by atoms with Gasteiger partial charge >= 0.3 is 0 Å². The molecule has 2 atom stereocenters. The summed E-state index contributed by atoms with van der Waals surface area (Å²) in [5, 5.41) is 0. The molecule has 0 aliphatic heterocycles. The van der Waals surface area contributed by atoms with Gasteiger partial charge in [0.05, 0.1) is 0 Å². The van der Waals surface area contributed by atoms with Crippen LogP contribution >= 0.6 is 0 Å². The van der Waals surface area contributed by atoms with Crippen molar-refractivity contribution in [2.75, 3.05) is 0 Å². The molecule has 94 valence electrons. The second kappa shape index (κ2) is 5.71. The quantitative estimate of drug-likeness (QED) is 0.697. The molecule has 0 heterocycles. The second-order valence-electron chi connectivity index (χ2n) is 6.05. The maximum atomic E-state index is 2.48. The topological polar surface area (TPSA) is 0 Å². The molecule has 0 amide bonds. The van der Waals surface area contributed by atoms with Gasteiger partial charge < -0.3 is 0 Å². The Kier molecular flexibility index (Phi) is 4.25. The highest BCUT2D eigenvalue weighted by Gasteiger charge is 2.15. The van der Waals surface area contributed by atoms with Crippen molar-refractivity contribution in [2.24, 2.45) is 11.8 Å². The predicted molar refractivity (Wildman–Crippen MR) is 75.4 cm³/mol. The highest BCUT2D eigenvalue weighted by Crippen LogP contribution is 2.27. The largest absolute Gasteiger partial charge is 0.0654 e. The molecule has 17 heavy (non-hydrogen) atoms. The Balaban J connectivity index is 2.06. The third-order valence-electron chi connectivity index (χ3n) is 4.11. The first-order chi connectivity index (χ1) is 8.19. The maximum absolute atomic E-state index is 2.48. The molecule has 2 unspecified atom stereocenters. The summed E-state index contributed by atoms with van der Waals surface area (Å²) in [7, 11) is 0. The zero-order chi connectivity index (χ0) is 12.3. The molecule has 0 saturated carbocycles. The van der Waals surface area contributed by atoms with Crippen LogP contribution in [0.4, 0.5) is 0 Å². The molecule has 1 aromatic carbocycles. The third-order valence-corrected chi connectivity index (χ3v) is 4.11. The average Bonchev–Trinajstić information content (AvgIpc) is 2.29. The summed E-state index contributed by atoms with van der Waals surface area (Å²) in [6.45, 7) is 7.04. The van der Waals surface area contributed by atoms with Crippen LogP contribution in [0.5, 0.6) is 0 Å². The summed E-state index contributed by atoms with van der Waals surface area (Å²) in [6.07, 6.45) is 7.89. The SMILES string of the molecule is CCCC(C)Cc1ccc2c(c1)CCC(C)C2. The lowest BCUT2D eigenvalue weighted by Gasteiger charge is -2.22. The Morgan fingerprint density at radius 1 is 1.29 bits per heavy atom. The molecule has 0 nitrogen and oxygen atoms in total. The van der Waals surface area contributed by atoms with Crippen molar-refractivity contribution in [2.45, 2.75) is 59.3 Å². The van der Waals surface area contributed by atoms with E-state index in [2.05, 4.69) is 39.0 Å². The minimum absolute atomic E-state index is 0.834. The Morgan fingerprint density at radius 2 is 2.12 bits per heavy atom. The summed E-state index contributed by atoms with van der Waals surface area (Å²) >= 11 is 0. The lowest BCUT2D eigenvalue weighted by atomic mass is 9.83. The summed E-state index contributed by atoms with van der Waals surface area (Å²) < 4.78 is 0. The Morgan fingerprint density at radius 3 is 2.88 bits per heavy atom. The molecule has 0 saturated heterocycles. The van der Waals surface area contributed by atoms with Crippen molar-refractivity contribution in [3.05, 3.63) is 34.9 Å². The molecule has 0 fully saturated rings. The third kappa shape index (κ3) is 3.34. The molecular formula is C17H26. The van der Waals surface area contributed by atoms with Crippen molar-refractivity contribution in [3.63, 3.8) is 0 Å². The van der Waals surface area contributed by atoms with E-state index in [1.807, 2.05) is 0 Å². The Bertz CT molecular complexity index is 364. The van der Waals surface area contributed by atoms with Gasteiger partial charge in [0.1, 0.15) is 0 Å². The van der Waals surface area contributed by atoms with Gasteiger partial charge in [0, 0.05) is 0 Å². The van der Waals surface area contributed by atoms with E-state index in [1.54, 1.807) is 16.7 Å². The fraction of sp³-hybridized carbons (Fsp3) is 0.647. The predicted octanol–water partition coefficient (Wildman–Crippen LogP) is 4.79. The summed E-state index contributed by atoms with van der Waals surface area (Å²) in [4.78, 5) is 0. The van der Waals surface area contributed by atoms with Gasteiger partial charge in [0.2, 0.25) is 0 Å². The molecule has 0 N–H and O–H groups in total. The summed E-state index contributed by atoms with van der Waals surface area (Å²) in [5.41, 5.74) is 4.79. The molecule has 2 rings (SSSR count). The minimum atomic E-state index is 0.834. The standard InChI is InChI=1S/C17H26/c1-4-5-13(2)10-15-7-9-16-11-14(3)6-8-17(16)12-15/h7,9,12-14H,4-6,8,10-11H2,1-3H3. The number of benzene rings is 1. The molecule has 0 spiro atoms. The maximum Gasteiger partial charge on any atom is -0.0250 e. The Labute approximate surface area is 106 Å². The van der Waals surface area contributed by atoms with Crippen LogP contribution in [0.15, 0.2) is 18.2 Å². The molecule has 0 bridgehead atoms. The lowest BCUT2D eigenvalue weighted by molar-refractivity contribution is 0.498. The van der Waals surface area contributed by atoms with Crippen LogP contribution in [-0.4, -0.2) is 0 Å². The van der Waals surface area contributed by atoms with Crippen LogP contribution in [0.2, 0.25) is 0 Å². The first-order valence-electron chi connectivity index (χ1n) is 7.29.